The number of carboxylic acids is 1. The average molecular weight is 486 g/mol. The summed E-state index contributed by atoms with van der Waals surface area (Å²) in [4.78, 5) is 25.9. The summed E-state index contributed by atoms with van der Waals surface area (Å²) < 4.78 is 56.0. The number of halogens is 5. The second kappa shape index (κ2) is 8.31. The first-order valence-corrected chi connectivity index (χ1v) is 10.1. The molecule has 1 saturated heterocycles. The molecule has 2 heterocycles. The second-order valence-electron chi connectivity index (χ2n) is 7.58. The van der Waals surface area contributed by atoms with Gasteiger partial charge in [-0.15, -0.1) is 5.10 Å². The Kier molecular flexibility index (Phi) is 5.79. The molecule has 12 heteroatoms. The number of carbonyl (C=O) groups excluding carboxylic acids is 1. The van der Waals surface area contributed by atoms with Crippen molar-refractivity contribution in [2.75, 3.05) is 18.0 Å². The lowest BCUT2D eigenvalue weighted by atomic mass is 9.94. The van der Waals surface area contributed by atoms with Crippen LogP contribution in [-0.4, -0.2) is 51.1 Å². The highest BCUT2D eigenvalue weighted by Crippen LogP contribution is 2.37. The zero-order chi connectivity index (χ0) is 24.1. The monoisotopic (exact) mass is 485 g/mol. The van der Waals surface area contributed by atoms with Crippen molar-refractivity contribution in [2.24, 2.45) is 5.92 Å². The van der Waals surface area contributed by atoms with E-state index in [1.807, 2.05) is 0 Å². The van der Waals surface area contributed by atoms with E-state index in [2.05, 4.69) is 5.10 Å². The number of carbonyl (C=O) groups is 2. The van der Waals surface area contributed by atoms with Crippen LogP contribution in [0.3, 0.4) is 0 Å². The van der Waals surface area contributed by atoms with Gasteiger partial charge in [-0.2, -0.15) is 17.9 Å². The number of carboxylic acid groups (broad SMARTS) is 1. The number of aliphatic carboxylic acids is 1. The number of benzene rings is 2. The Balaban J connectivity index is 1.85. The molecule has 2 atom stereocenters. The molecular weight excluding hydrogens is 470 g/mol. The van der Waals surface area contributed by atoms with E-state index in [1.165, 1.54) is 17.0 Å². The molecule has 3 aromatic rings. The molecule has 33 heavy (non-hydrogen) atoms. The fourth-order valence-electron chi connectivity index (χ4n) is 3.98. The van der Waals surface area contributed by atoms with E-state index < -0.39 is 52.0 Å². The average Bonchev–Trinajstić information content (AvgIpc) is 3.13. The van der Waals surface area contributed by atoms with Crippen molar-refractivity contribution in [1.29, 1.82) is 0 Å². The number of anilines is 1. The maximum atomic E-state index is 14.8. The molecule has 0 amide bonds. The summed E-state index contributed by atoms with van der Waals surface area (Å²) in [5.41, 5.74) is -2.20. The fraction of sp³-hybridized carbons (Fsp3) is 0.286. The summed E-state index contributed by atoms with van der Waals surface area (Å²) in [6.45, 7) is -0.145. The fourth-order valence-corrected chi connectivity index (χ4v) is 4.24. The molecule has 1 fully saturated rings. The molecule has 0 saturated carbocycles. The van der Waals surface area contributed by atoms with Crippen LogP contribution in [-0.2, 0) is 11.0 Å². The predicted molar refractivity (Wildman–Crippen MR) is 110 cm³/mol. The first kappa shape index (κ1) is 23.0. The highest BCUT2D eigenvalue weighted by atomic mass is 35.5. The Morgan fingerprint density at radius 2 is 1.85 bits per heavy atom. The van der Waals surface area contributed by atoms with Crippen LogP contribution >= 0.6 is 11.6 Å². The van der Waals surface area contributed by atoms with Crippen LogP contribution in [0.2, 0.25) is 5.02 Å². The van der Waals surface area contributed by atoms with Crippen molar-refractivity contribution in [3.8, 4) is 0 Å². The SMILES string of the molecule is O=C(O)[C@H]1CCN(c2nn(C(=O)c3c(Cl)cccc3C(F)(F)F)c3cccc(F)c23)C[C@@H]1O. The number of hydrogen-bond acceptors (Lipinski definition) is 5. The molecule has 2 N–H and O–H groups in total. The summed E-state index contributed by atoms with van der Waals surface area (Å²) in [6, 6.07) is 6.58. The van der Waals surface area contributed by atoms with Crippen LogP contribution in [0.5, 0.6) is 0 Å². The van der Waals surface area contributed by atoms with Crippen LogP contribution in [0.25, 0.3) is 10.9 Å². The maximum Gasteiger partial charge on any atom is 0.417 e. The quantitative estimate of drug-likeness (QED) is 0.548. The van der Waals surface area contributed by atoms with E-state index in [4.69, 9.17) is 11.6 Å². The number of aromatic nitrogens is 2. The summed E-state index contributed by atoms with van der Waals surface area (Å²) in [7, 11) is 0. The molecule has 1 aliphatic heterocycles. The Labute approximate surface area is 188 Å². The largest absolute Gasteiger partial charge is 0.481 e. The lowest BCUT2D eigenvalue weighted by Gasteiger charge is -2.34. The van der Waals surface area contributed by atoms with Gasteiger partial charge in [0.25, 0.3) is 5.91 Å². The summed E-state index contributed by atoms with van der Waals surface area (Å²) >= 11 is 5.95. The molecular formula is C21H16ClF4N3O4. The van der Waals surface area contributed by atoms with Gasteiger partial charge in [0.2, 0.25) is 0 Å². The standard InChI is InChI=1S/C21H16ClF4N3O4/c22-12-4-1-3-11(21(24,25)26)16(12)19(31)29-14-6-2-5-13(23)17(14)18(27-29)28-8-7-10(20(32)33)15(30)9-28/h1-6,10,15,30H,7-9H2,(H,32,33)/t10-,15-/m0/s1. The minimum atomic E-state index is -4.88. The number of rotatable bonds is 3. The number of fused-ring (bicyclic) bond motifs is 1. The van der Waals surface area contributed by atoms with Crippen molar-refractivity contribution < 1.29 is 37.4 Å². The van der Waals surface area contributed by atoms with E-state index >= 15 is 0 Å². The molecule has 0 spiro atoms. The Hall–Kier alpha value is -3.18. The molecule has 0 aliphatic carbocycles. The van der Waals surface area contributed by atoms with Crippen molar-refractivity contribution in [1.82, 2.24) is 9.78 Å². The van der Waals surface area contributed by atoms with E-state index in [1.54, 1.807) is 0 Å². The Morgan fingerprint density at radius 1 is 1.15 bits per heavy atom. The molecule has 0 unspecified atom stereocenters. The molecule has 0 radical (unpaired) electrons. The molecule has 1 aromatic heterocycles. The number of aliphatic hydroxyl groups is 1. The van der Waals surface area contributed by atoms with Crippen LogP contribution in [0.1, 0.15) is 22.3 Å². The van der Waals surface area contributed by atoms with Crippen LogP contribution < -0.4 is 4.90 Å². The van der Waals surface area contributed by atoms with Gasteiger partial charge in [0, 0.05) is 13.1 Å². The van der Waals surface area contributed by atoms with Crippen LogP contribution in [0, 0.1) is 11.7 Å². The number of hydrogen-bond donors (Lipinski definition) is 2. The highest BCUT2D eigenvalue weighted by Gasteiger charge is 2.38. The Morgan fingerprint density at radius 3 is 2.48 bits per heavy atom. The molecule has 1 aliphatic rings. The number of aliphatic hydroxyl groups excluding tert-OH is 1. The van der Waals surface area contributed by atoms with Gasteiger partial charge < -0.3 is 15.1 Å². The molecule has 174 valence electrons. The summed E-state index contributed by atoms with van der Waals surface area (Å²) in [6.07, 6.45) is -6.15. The smallest absolute Gasteiger partial charge is 0.417 e. The van der Waals surface area contributed by atoms with Gasteiger partial charge in [0.1, 0.15) is 5.82 Å². The minimum Gasteiger partial charge on any atom is -0.481 e. The molecule has 7 nitrogen and oxygen atoms in total. The van der Waals surface area contributed by atoms with Gasteiger partial charge in [0.15, 0.2) is 5.82 Å². The van der Waals surface area contributed by atoms with Gasteiger partial charge >= 0.3 is 12.1 Å². The number of piperidine rings is 1. The topological polar surface area (TPSA) is 95.7 Å². The van der Waals surface area contributed by atoms with Crippen LogP contribution in [0.15, 0.2) is 36.4 Å². The first-order chi connectivity index (χ1) is 15.5. The van der Waals surface area contributed by atoms with E-state index in [0.29, 0.717) is 10.7 Å². The van der Waals surface area contributed by atoms with E-state index in [-0.39, 0.29) is 36.2 Å². The Bertz CT molecular complexity index is 1260. The zero-order valence-corrected chi connectivity index (χ0v) is 17.4. The predicted octanol–water partition coefficient (Wildman–Crippen LogP) is 3.81. The first-order valence-electron chi connectivity index (χ1n) is 9.74. The highest BCUT2D eigenvalue weighted by molar-refractivity contribution is 6.34. The van der Waals surface area contributed by atoms with Crippen molar-refractivity contribution in [2.45, 2.75) is 18.7 Å². The lowest BCUT2D eigenvalue weighted by molar-refractivity contribution is -0.146. The maximum absolute atomic E-state index is 14.8. The third-order valence-electron chi connectivity index (χ3n) is 5.56. The van der Waals surface area contributed by atoms with Crippen LogP contribution in [0.4, 0.5) is 23.4 Å². The third-order valence-corrected chi connectivity index (χ3v) is 5.88. The van der Waals surface area contributed by atoms with Crippen molar-refractivity contribution >= 4 is 40.2 Å². The normalized spacial score (nSPS) is 19.2. The summed E-state index contributed by atoms with van der Waals surface area (Å²) in [5.74, 6) is -4.31. The molecule has 4 rings (SSSR count). The van der Waals surface area contributed by atoms with Gasteiger partial charge in [-0.1, -0.05) is 23.7 Å². The van der Waals surface area contributed by atoms with Gasteiger partial charge in [0.05, 0.1) is 39.1 Å². The molecule has 2 aromatic carbocycles. The number of β-amino-alcohol motifs (C(OH)–C–C–N with tert-alkyl or cyclic N) is 1. The van der Waals surface area contributed by atoms with Crippen molar-refractivity contribution in [3.05, 3.63) is 58.4 Å². The second-order valence-corrected chi connectivity index (χ2v) is 7.99. The lowest BCUT2D eigenvalue weighted by Crippen LogP contribution is -2.47. The number of nitrogens with zero attached hydrogens (tertiary/aromatic N) is 3. The van der Waals surface area contributed by atoms with Gasteiger partial charge in [-0.05, 0) is 30.7 Å². The van der Waals surface area contributed by atoms with Gasteiger partial charge in [-0.3, -0.25) is 9.59 Å². The summed E-state index contributed by atoms with van der Waals surface area (Å²) in [5, 5.41) is 22.9. The van der Waals surface area contributed by atoms with E-state index in [0.717, 1.165) is 18.2 Å². The molecule has 0 bridgehead atoms. The minimum absolute atomic E-state index is 0.0238. The van der Waals surface area contributed by atoms with Gasteiger partial charge in [-0.25, -0.2) is 4.39 Å². The third kappa shape index (κ3) is 4.02. The van der Waals surface area contributed by atoms with Crippen molar-refractivity contribution in [3.63, 3.8) is 0 Å². The number of alkyl halides is 3. The zero-order valence-electron chi connectivity index (χ0n) is 16.7. The van der Waals surface area contributed by atoms with E-state index in [9.17, 15) is 37.4 Å².